The second kappa shape index (κ2) is 10.6. The molecule has 29 heavy (non-hydrogen) atoms. The minimum Gasteiger partial charge on any atom is -0.484 e. The van der Waals surface area contributed by atoms with Crippen molar-refractivity contribution in [3.8, 4) is 5.75 Å². The van der Waals surface area contributed by atoms with Crippen molar-refractivity contribution < 1.29 is 17.9 Å². The maximum absolute atomic E-state index is 12.5. The molecule has 1 heterocycles. The molecule has 1 aliphatic carbocycles. The highest BCUT2D eigenvalue weighted by Gasteiger charge is 2.21. The van der Waals surface area contributed by atoms with Gasteiger partial charge in [0.25, 0.3) is 5.91 Å². The first-order valence-corrected chi connectivity index (χ1v) is 12.0. The molecule has 2 aromatic rings. The third kappa shape index (κ3) is 7.02. The molecule has 0 aliphatic heterocycles. The summed E-state index contributed by atoms with van der Waals surface area (Å²) >= 11 is 1.45. The second-order valence-corrected chi connectivity index (χ2v) is 9.50. The van der Waals surface area contributed by atoms with E-state index in [-0.39, 0.29) is 23.5 Å². The first kappa shape index (κ1) is 21.6. The Labute approximate surface area is 174 Å². The van der Waals surface area contributed by atoms with Crippen LogP contribution in [-0.4, -0.2) is 54.5 Å². The molecular formula is C18H25N5O4S2. The lowest BCUT2D eigenvalue weighted by Gasteiger charge is -2.22. The number of benzene rings is 1. The molecule has 3 N–H and O–H groups in total. The highest BCUT2D eigenvalue weighted by molar-refractivity contribution is 7.99. The molecule has 158 valence electrons. The van der Waals surface area contributed by atoms with Crippen molar-refractivity contribution in [2.75, 3.05) is 18.9 Å². The van der Waals surface area contributed by atoms with Crippen LogP contribution in [0, 0.1) is 0 Å². The number of aromatic amines is 1. The summed E-state index contributed by atoms with van der Waals surface area (Å²) in [6.07, 6.45) is 6.47. The van der Waals surface area contributed by atoms with E-state index in [1.807, 2.05) is 0 Å². The minimum absolute atomic E-state index is 0.00980. The third-order valence-corrected chi connectivity index (χ3v) is 6.90. The summed E-state index contributed by atoms with van der Waals surface area (Å²) in [4.78, 5) is 16.0. The van der Waals surface area contributed by atoms with Gasteiger partial charge in [0.05, 0.1) is 4.90 Å². The van der Waals surface area contributed by atoms with Crippen LogP contribution in [0.5, 0.6) is 5.75 Å². The Kier molecular flexibility index (Phi) is 7.90. The van der Waals surface area contributed by atoms with E-state index in [4.69, 9.17) is 4.74 Å². The molecule has 1 fully saturated rings. The van der Waals surface area contributed by atoms with Gasteiger partial charge in [-0.3, -0.25) is 9.89 Å². The van der Waals surface area contributed by atoms with E-state index in [0.29, 0.717) is 23.2 Å². The van der Waals surface area contributed by atoms with Gasteiger partial charge in [-0.15, -0.1) is 0 Å². The lowest BCUT2D eigenvalue weighted by atomic mass is 9.96. The van der Waals surface area contributed by atoms with E-state index in [2.05, 4.69) is 25.2 Å². The summed E-state index contributed by atoms with van der Waals surface area (Å²) < 4.78 is 33.2. The van der Waals surface area contributed by atoms with E-state index in [1.54, 1.807) is 12.1 Å². The molecule has 1 saturated carbocycles. The zero-order valence-corrected chi connectivity index (χ0v) is 17.6. The van der Waals surface area contributed by atoms with Crippen LogP contribution in [-0.2, 0) is 14.8 Å². The fourth-order valence-corrected chi connectivity index (χ4v) is 4.97. The molecule has 0 bridgehead atoms. The molecule has 1 aromatic carbocycles. The maximum atomic E-state index is 12.5. The standard InChI is InChI=1S/C18H25N5O4S2/c24-17(19-10-11-28-18-20-13-21-22-18)12-27-15-6-8-16(9-7-15)29(25,26)23-14-4-2-1-3-5-14/h6-9,13-14,23H,1-5,10-12H2,(H,19,24)(H,20,21,22). The molecule has 11 heteroatoms. The van der Waals surface area contributed by atoms with E-state index in [1.165, 1.54) is 30.2 Å². The molecule has 0 unspecified atom stereocenters. The number of thioether (sulfide) groups is 1. The molecule has 3 rings (SSSR count). The van der Waals surface area contributed by atoms with E-state index < -0.39 is 10.0 Å². The number of rotatable bonds is 10. The Bertz CT molecular complexity index is 866. The average molecular weight is 440 g/mol. The summed E-state index contributed by atoms with van der Waals surface area (Å²) in [5.74, 6) is 0.841. The Morgan fingerprint density at radius 2 is 1.97 bits per heavy atom. The van der Waals surface area contributed by atoms with Crippen molar-refractivity contribution in [2.45, 2.75) is 48.2 Å². The molecule has 0 radical (unpaired) electrons. The van der Waals surface area contributed by atoms with Gasteiger partial charge in [-0.1, -0.05) is 31.0 Å². The van der Waals surface area contributed by atoms with Crippen LogP contribution in [0.1, 0.15) is 32.1 Å². The van der Waals surface area contributed by atoms with Crippen molar-refractivity contribution in [2.24, 2.45) is 0 Å². The van der Waals surface area contributed by atoms with Gasteiger partial charge < -0.3 is 10.1 Å². The zero-order valence-electron chi connectivity index (χ0n) is 16.0. The Balaban J connectivity index is 1.39. The van der Waals surface area contributed by atoms with Crippen molar-refractivity contribution in [3.63, 3.8) is 0 Å². The smallest absolute Gasteiger partial charge is 0.257 e. The normalized spacial score (nSPS) is 15.2. The summed E-state index contributed by atoms with van der Waals surface area (Å²) in [5, 5.41) is 9.91. The highest BCUT2D eigenvalue weighted by Crippen LogP contribution is 2.21. The quantitative estimate of drug-likeness (QED) is 0.380. The number of carbonyl (C=O) groups is 1. The van der Waals surface area contributed by atoms with Crippen LogP contribution in [0.25, 0.3) is 0 Å². The number of ether oxygens (including phenoxy) is 1. The largest absolute Gasteiger partial charge is 0.484 e. The number of carbonyl (C=O) groups excluding carboxylic acids is 1. The number of hydrogen-bond donors (Lipinski definition) is 3. The van der Waals surface area contributed by atoms with Gasteiger partial charge in [-0.25, -0.2) is 18.1 Å². The van der Waals surface area contributed by atoms with Gasteiger partial charge in [0.15, 0.2) is 11.8 Å². The summed E-state index contributed by atoms with van der Waals surface area (Å²) in [5.41, 5.74) is 0. The number of amides is 1. The SMILES string of the molecule is O=C(COc1ccc(S(=O)(=O)NC2CCCCC2)cc1)NCCSc1ncn[nH]1. The molecular weight excluding hydrogens is 414 g/mol. The highest BCUT2D eigenvalue weighted by atomic mass is 32.2. The number of H-pyrrole nitrogens is 1. The van der Waals surface area contributed by atoms with Crippen molar-refractivity contribution >= 4 is 27.7 Å². The second-order valence-electron chi connectivity index (χ2n) is 6.71. The Hall–Kier alpha value is -2.11. The molecule has 9 nitrogen and oxygen atoms in total. The number of aromatic nitrogens is 3. The molecule has 0 atom stereocenters. The molecule has 0 spiro atoms. The van der Waals surface area contributed by atoms with E-state index in [9.17, 15) is 13.2 Å². The number of nitrogens with one attached hydrogen (secondary N) is 3. The van der Waals surface area contributed by atoms with E-state index in [0.717, 1.165) is 32.1 Å². The molecule has 1 amide bonds. The number of hydrogen-bond acceptors (Lipinski definition) is 7. The third-order valence-electron chi connectivity index (χ3n) is 4.49. The monoisotopic (exact) mass is 439 g/mol. The van der Waals surface area contributed by atoms with Crippen LogP contribution >= 0.6 is 11.8 Å². The Morgan fingerprint density at radius 1 is 1.21 bits per heavy atom. The fraction of sp³-hybridized carbons (Fsp3) is 0.500. The van der Waals surface area contributed by atoms with Crippen LogP contribution in [0.3, 0.4) is 0 Å². The average Bonchev–Trinajstić information content (AvgIpc) is 3.24. The maximum Gasteiger partial charge on any atom is 0.257 e. The van der Waals surface area contributed by atoms with Gasteiger partial charge in [-0.05, 0) is 37.1 Å². The van der Waals surface area contributed by atoms with Gasteiger partial charge in [0, 0.05) is 18.3 Å². The number of sulfonamides is 1. The predicted molar refractivity (Wildman–Crippen MR) is 109 cm³/mol. The summed E-state index contributed by atoms with van der Waals surface area (Å²) in [6, 6.07) is 6.11. The van der Waals surface area contributed by atoms with Crippen molar-refractivity contribution in [1.29, 1.82) is 0 Å². The first-order chi connectivity index (χ1) is 14.0. The Morgan fingerprint density at radius 3 is 2.66 bits per heavy atom. The predicted octanol–water partition coefficient (Wildman–Crippen LogP) is 1.70. The van der Waals surface area contributed by atoms with Crippen LogP contribution in [0.4, 0.5) is 0 Å². The van der Waals surface area contributed by atoms with Crippen LogP contribution < -0.4 is 14.8 Å². The van der Waals surface area contributed by atoms with Gasteiger partial charge in [0.2, 0.25) is 10.0 Å². The summed E-state index contributed by atoms with van der Waals surface area (Å²) in [6.45, 7) is 0.330. The van der Waals surface area contributed by atoms with Crippen LogP contribution in [0.15, 0.2) is 40.6 Å². The first-order valence-electron chi connectivity index (χ1n) is 9.53. The van der Waals surface area contributed by atoms with E-state index >= 15 is 0 Å². The minimum atomic E-state index is -3.54. The lowest BCUT2D eigenvalue weighted by molar-refractivity contribution is -0.122. The lowest BCUT2D eigenvalue weighted by Crippen LogP contribution is -2.36. The van der Waals surface area contributed by atoms with Gasteiger partial charge in [-0.2, -0.15) is 5.10 Å². The van der Waals surface area contributed by atoms with Crippen LogP contribution in [0.2, 0.25) is 0 Å². The summed E-state index contributed by atoms with van der Waals surface area (Å²) in [7, 11) is -3.54. The zero-order chi connectivity index (χ0) is 20.5. The topological polar surface area (TPSA) is 126 Å². The molecule has 1 aliphatic rings. The van der Waals surface area contributed by atoms with Gasteiger partial charge in [0.1, 0.15) is 12.1 Å². The molecule has 0 saturated heterocycles. The number of nitrogens with zero attached hydrogens (tertiary/aromatic N) is 2. The molecule has 1 aromatic heterocycles. The van der Waals surface area contributed by atoms with Crippen molar-refractivity contribution in [3.05, 3.63) is 30.6 Å². The van der Waals surface area contributed by atoms with Crippen molar-refractivity contribution in [1.82, 2.24) is 25.2 Å². The fourth-order valence-electron chi connectivity index (χ4n) is 3.02. The van der Waals surface area contributed by atoms with Gasteiger partial charge >= 0.3 is 0 Å².